The number of hydrogen-bond acceptors (Lipinski definition) is 5. The Bertz CT molecular complexity index is 1590. The summed E-state index contributed by atoms with van der Waals surface area (Å²) in [6, 6.07) is 21.2. The lowest BCUT2D eigenvalue weighted by molar-refractivity contribution is -0.870. The van der Waals surface area contributed by atoms with Crippen molar-refractivity contribution in [3.05, 3.63) is 82.9 Å². The van der Waals surface area contributed by atoms with E-state index >= 15 is 0 Å². The van der Waals surface area contributed by atoms with Crippen molar-refractivity contribution in [2.75, 3.05) is 130 Å². The lowest BCUT2D eigenvalue weighted by atomic mass is 10.1. The van der Waals surface area contributed by atoms with E-state index < -0.39 is 0 Å². The van der Waals surface area contributed by atoms with E-state index in [-0.39, 0.29) is 0 Å². The van der Waals surface area contributed by atoms with Crippen molar-refractivity contribution < 1.29 is 32.4 Å². The Balaban J connectivity index is 1.67. The summed E-state index contributed by atoms with van der Waals surface area (Å²) in [5, 5.41) is 0. The number of rotatable bonds is 28. The summed E-state index contributed by atoms with van der Waals surface area (Å²) < 4.78 is 27.9. The predicted octanol–water partition coefficient (Wildman–Crippen LogP) is 9.34. The van der Waals surface area contributed by atoms with Gasteiger partial charge in [0, 0.05) is 12.1 Å². The minimum Gasteiger partial charge on any atom is -0.493 e. The lowest BCUT2D eigenvalue weighted by Gasteiger charge is -2.23. The molecule has 0 radical (unpaired) electrons. The van der Waals surface area contributed by atoms with Crippen LogP contribution in [-0.2, 0) is 0 Å². The van der Waals surface area contributed by atoms with Gasteiger partial charge in [-0.05, 0) is 119 Å². The van der Waals surface area contributed by atoms with Crippen LogP contribution in [0.2, 0.25) is 0 Å². The van der Waals surface area contributed by atoms with E-state index in [1.54, 1.807) is 0 Å². The van der Waals surface area contributed by atoms with E-state index in [9.17, 15) is 0 Å². The van der Waals surface area contributed by atoms with Gasteiger partial charge in [-0.1, -0.05) is 48.6 Å². The number of unbranched alkanes of at least 4 members (excludes halogenated alkanes) is 4. The predicted molar refractivity (Wildman–Crippen MR) is 243 cm³/mol. The first-order chi connectivity index (χ1) is 26.9. The van der Waals surface area contributed by atoms with Crippen LogP contribution in [0, 0.1) is 0 Å². The molecule has 0 amide bonds. The molecule has 0 saturated heterocycles. The van der Waals surface area contributed by atoms with Crippen molar-refractivity contribution in [3.8, 4) is 23.0 Å². The number of hydrogen-bond donors (Lipinski definition) is 0. The topological polar surface area (TPSA) is 40.2 Å². The van der Waals surface area contributed by atoms with Crippen LogP contribution in [0.3, 0.4) is 0 Å². The maximum Gasteiger partial charge on any atom is 0.123 e. The van der Waals surface area contributed by atoms with E-state index in [2.05, 4.69) is 155 Å². The van der Waals surface area contributed by atoms with Gasteiger partial charge in [-0.2, -0.15) is 0 Å². The molecule has 0 atom stereocenters. The van der Waals surface area contributed by atoms with Crippen LogP contribution in [0.5, 0.6) is 23.0 Å². The van der Waals surface area contributed by atoms with Gasteiger partial charge in [-0.3, -0.25) is 0 Å². The molecule has 0 bridgehead atoms. The summed E-state index contributed by atoms with van der Waals surface area (Å²) in [4.78, 5) is 2.21. The molecule has 3 rings (SSSR count). The molecule has 0 aliphatic heterocycles. The summed E-state index contributed by atoms with van der Waals surface area (Å²) in [5.74, 6) is 3.42. The van der Waals surface area contributed by atoms with Crippen molar-refractivity contribution in [1.82, 2.24) is 4.90 Å². The van der Waals surface area contributed by atoms with E-state index in [1.807, 2.05) is 12.1 Å². The Labute approximate surface area is 348 Å². The molecule has 316 valence electrons. The largest absolute Gasteiger partial charge is 0.493 e. The normalized spacial score (nSPS) is 12.6. The summed E-state index contributed by atoms with van der Waals surface area (Å²) in [6.07, 6.45) is 17.2. The summed E-state index contributed by atoms with van der Waals surface area (Å²) in [6.45, 7) is 7.26. The highest BCUT2D eigenvalue weighted by molar-refractivity contribution is 5.74. The van der Waals surface area contributed by atoms with Crippen LogP contribution in [0.4, 0.5) is 0 Å². The monoisotopic (exact) mass is 788 g/mol. The molecule has 0 aromatic heterocycles. The standard InChI is InChI=1S/C49H79N4O4/c1-50(2)28-12-16-32-54-46-36-44(37-47(40-46)55-33-17-13-29-51(3,4)5)26-24-42-20-22-43(23-21-42)25-27-45-38-48(56-34-18-14-30-52(6,7)8)41-49(39-45)57-35-19-15-31-53(9,10)11/h20-27,36-41H,12-19,28-35H2,1-11H3/q+3/b26-24+,27-25+. The van der Waals surface area contributed by atoms with Gasteiger partial charge in [-0.15, -0.1) is 0 Å². The maximum atomic E-state index is 6.25. The van der Waals surface area contributed by atoms with Crippen molar-refractivity contribution in [1.29, 1.82) is 0 Å². The highest BCUT2D eigenvalue weighted by Crippen LogP contribution is 2.27. The fourth-order valence-electron chi connectivity index (χ4n) is 6.17. The molecule has 0 saturated carbocycles. The first kappa shape index (κ1) is 47.6. The van der Waals surface area contributed by atoms with Gasteiger partial charge in [0.15, 0.2) is 0 Å². The number of quaternary nitrogens is 3. The van der Waals surface area contributed by atoms with E-state index in [0.717, 1.165) is 136 Å². The van der Waals surface area contributed by atoms with Gasteiger partial charge in [0.05, 0.1) is 109 Å². The quantitative estimate of drug-likeness (QED) is 0.0417. The van der Waals surface area contributed by atoms with E-state index in [1.165, 1.54) is 0 Å². The molecule has 57 heavy (non-hydrogen) atoms. The maximum absolute atomic E-state index is 6.25. The van der Waals surface area contributed by atoms with Gasteiger partial charge in [0.2, 0.25) is 0 Å². The number of nitrogens with zero attached hydrogens (tertiary/aromatic N) is 4. The number of benzene rings is 3. The van der Waals surface area contributed by atoms with Crippen molar-refractivity contribution in [2.45, 2.75) is 51.4 Å². The van der Waals surface area contributed by atoms with Crippen LogP contribution < -0.4 is 18.9 Å². The zero-order valence-electron chi connectivity index (χ0n) is 37.8. The Hall–Kier alpha value is -3.82. The van der Waals surface area contributed by atoms with E-state index in [0.29, 0.717) is 26.4 Å². The van der Waals surface area contributed by atoms with Gasteiger partial charge in [-0.25, -0.2) is 0 Å². The molecule has 0 aliphatic carbocycles. The third-order valence-electron chi connectivity index (χ3n) is 9.42. The Morgan fingerprint density at radius 1 is 0.386 bits per heavy atom. The second-order valence-corrected chi connectivity index (χ2v) is 18.9. The molecule has 8 nitrogen and oxygen atoms in total. The molecule has 3 aromatic carbocycles. The molecule has 3 aromatic rings. The van der Waals surface area contributed by atoms with Crippen LogP contribution in [0.25, 0.3) is 24.3 Å². The minimum absolute atomic E-state index is 0.693. The molecule has 0 spiro atoms. The Kier molecular flexibility index (Phi) is 20.2. The molecule has 0 N–H and O–H groups in total. The molecule has 0 fully saturated rings. The van der Waals surface area contributed by atoms with Crippen molar-refractivity contribution >= 4 is 24.3 Å². The van der Waals surface area contributed by atoms with E-state index in [4.69, 9.17) is 18.9 Å². The minimum atomic E-state index is 0.693. The Morgan fingerprint density at radius 2 is 0.667 bits per heavy atom. The van der Waals surface area contributed by atoms with Gasteiger partial charge in [0.25, 0.3) is 0 Å². The van der Waals surface area contributed by atoms with Gasteiger partial charge in [0.1, 0.15) is 23.0 Å². The van der Waals surface area contributed by atoms with Gasteiger partial charge < -0.3 is 37.3 Å². The Morgan fingerprint density at radius 3 is 0.947 bits per heavy atom. The second kappa shape index (κ2) is 24.2. The average Bonchev–Trinajstić information content (AvgIpc) is 3.11. The third-order valence-corrected chi connectivity index (χ3v) is 9.42. The molecule has 0 heterocycles. The first-order valence-corrected chi connectivity index (χ1v) is 21.3. The summed E-state index contributed by atoms with van der Waals surface area (Å²) in [7, 11) is 24.3. The van der Waals surface area contributed by atoms with Crippen LogP contribution in [0.1, 0.15) is 73.6 Å². The smallest absolute Gasteiger partial charge is 0.123 e. The van der Waals surface area contributed by atoms with Gasteiger partial charge >= 0.3 is 0 Å². The third kappa shape index (κ3) is 23.2. The zero-order valence-corrected chi connectivity index (χ0v) is 37.8. The van der Waals surface area contributed by atoms with Crippen LogP contribution in [0.15, 0.2) is 60.7 Å². The first-order valence-electron chi connectivity index (χ1n) is 21.3. The summed E-state index contributed by atoms with van der Waals surface area (Å²) in [5.41, 5.74) is 4.39. The lowest BCUT2D eigenvalue weighted by Crippen LogP contribution is -2.35. The molecular formula is C49H79N4O4+3. The highest BCUT2D eigenvalue weighted by Gasteiger charge is 2.10. The van der Waals surface area contributed by atoms with Crippen LogP contribution >= 0.6 is 0 Å². The summed E-state index contributed by atoms with van der Waals surface area (Å²) >= 11 is 0. The fraction of sp³-hybridized carbons (Fsp3) is 0.551. The second-order valence-electron chi connectivity index (χ2n) is 18.9. The molecule has 0 aliphatic rings. The molecule has 0 unspecified atom stereocenters. The highest BCUT2D eigenvalue weighted by atomic mass is 16.5. The van der Waals surface area contributed by atoms with Crippen molar-refractivity contribution in [3.63, 3.8) is 0 Å². The zero-order chi connectivity index (χ0) is 41.7. The van der Waals surface area contributed by atoms with Crippen LogP contribution in [-0.4, -0.2) is 148 Å². The average molecular weight is 788 g/mol. The number of ether oxygens (including phenoxy) is 4. The van der Waals surface area contributed by atoms with Crippen molar-refractivity contribution in [2.24, 2.45) is 0 Å². The SMILES string of the molecule is CN(C)CCCCOc1cc(/C=C/c2ccc(/C=C/c3cc(OCCCC[N+](C)(C)C)cc(OCCCC[N+](C)(C)C)c3)cc2)cc(OCCCC[N+](C)(C)C)c1. The molecular weight excluding hydrogens is 709 g/mol. The fourth-order valence-corrected chi connectivity index (χ4v) is 6.17. The molecule has 8 heteroatoms.